The molecule has 4 aromatic carbocycles. The third-order valence-corrected chi connectivity index (χ3v) is 8.30. The van der Waals surface area contributed by atoms with Gasteiger partial charge in [-0.15, -0.1) is 0 Å². The van der Waals surface area contributed by atoms with Crippen LogP contribution in [0, 0.1) is 6.92 Å². The predicted molar refractivity (Wildman–Crippen MR) is 183 cm³/mol. The van der Waals surface area contributed by atoms with E-state index < -0.39 is 0 Å². The van der Waals surface area contributed by atoms with E-state index in [9.17, 15) is 0 Å². The number of rotatable bonds is 8. The summed E-state index contributed by atoms with van der Waals surface area (Å²) in [6.07, 6.45) is 0. The van der Waals surface area contributed by atoms with Crippen LogP contribution in [0.15, 0.2) is 84.9 Å². The zero-order valence-corrected chi connectivity index (χ0v) is 27.2. The second-order valence-electron chi connectivity index (χ2n) is 12.9. The molecule has 1 heterocycles. The van der Waals surface area contributed by atoms with Gasteiger partial charge in [0, 0.05) is 11.1 Å². The van der Waals surface area contributed by atoms with Crippen LogP contribution in [0.4, 0.5) is 0 Å². The van der Waals surface area contributed by atoms with Gasteiger partial charge in [0.2, 0.25) is 0 Å². The van der Waals surface area contributed by atoms with Crippen LogP contribution >= 0.6 is 0 Å². The van der Waals surface area contributed by atoms with Gasteiger partial charge in [-0.2, -0.15) is 0 Å². The topological polar surface area (TPSA) is 38.7 Å². The summed E-state index contributed by atoms with van der Waals surface area (Å²) >= 11 is 0. The molecule has 1 aromatic heterocycles. The molecule has 0 aliphatic heterocycles. The summed E-state index contributed by atoms with van der Waals surface area (Å²) in [5, 5.41) is 0. The minimum absolute atomic E-state index is 0.305. The summed E-state index contributed by atoms with van der Waals surface area (Å²) in [4.78, 5) is 15.3. The molecule has 5 rings (SSSR count). The van der Waals surface area contributed by atoms with Gasteiger partial charge < -0.3 is 0 Å². The number of hydrogen-bond donors (Lipinski definition) is 0. The number of aromatic nitrogens is 3. The first-order valence-corrected chi connectivity index (χ1v) is 15.7. The fraction of sp³-hybridized carbons (Fsp3) is 0.325. The zero-order chi connectivity index (χ0) is 30.8. The van der Waals surface area contributed by atoms with Crippen molar-refractivity contribution in [2.24, 2.45) is 0 Å². The molecule has 220 valence electrons. The highest BCUT2D eigenvalue weighted by Crippen LogP contribution is 2.41. The van der Waals surface area contributed by atoms with E-state index in [0.717, 1.165) is 28.6 Å². The van der Waals surface area contributed by atoms with Gasteiger partial charge in [-0.05, 0) is 75.1 Å². The van der Waals surface area contributed by atoms with Crippen molar-refractivity contribution in [1.29, 1.82) is 0 Å². The molecule has 0 amide bonds. The van der Waals surface area contributed by atoms with Crippen LogP contribution < -0.4 is 0 Å². The average Bonchev–Trinajstić information content (AvgIpc) is 3.00. The Morgan fingerprint density at radius 2 is 0.698 bits per heavy atom. The van der Waals surface area contributed by atoms with E-state index in [4.69, 9.17) is 15.0 Å². The molecule has 0 aliphatic carbocycles. The van der Waals surface area contributed by atoms with Gasteiger partial charge in [-0.3, -0.25) is 0 Å². The summed E-state index contributed by atoms with van der Waals surface area (Å²) < 4.78 is 0. The fourth-order valence-electron chi connectivity index (χ4n) is 6.01. The summed E-state index contributed by atoms with van der Waals surface area (Å²) in [6, 6.07) is 30.7. The predicted octanol–water partition coefficient (Wildman–Crippen LogP) is 11.3. The Morgan fingerprint density at radius 3 is 0.977 bits per heavy atom. The van der Waals surface area contributed by atoms with E-state index in [1.165, 1.54) is 44.5 Å². The van der Waals surface area contributed by atoms with Gasteiger partial charge in [-0.1, -0.05) is 140 Å². The minimum Gasteiger partial charge on any atom is -0.213 e. The van der Waals surface area contributed by atoms with Gasteiger partial charge in [0.15, 0.2) is 11.6 Å². The maximum absolute atomic E-state index is 5.33. The van der Waals surface area contributed by atoms with Crippen molar-refractivity contribution in [3.05, 3.63) is 113 Å². The highest BCUT2D eigenvalue weighted by atomic mass is 15.0. The van der Waals surface area contributed by atoms with Crippen LogP contribution in [-0.4, -0.2) is 15.0 Å². The Balaban J connectivity index is 1.78. The van der Waals surface area contributed by atoms with Gasteiger partial charge >= 0.3 is 0 Å². The Kier molecular flexibility index (Phi) is 8.92. The monoisotopic (exact) mass is 567 g/mol. The Labute approximate surface area is 258 Å². The molecule has 43 heavy (non-hydrogen) atoms. The van der Waals surface area contributed by atoms with Gasteiger partial charge in [0.25, 0.3) is 0 Å². The molecular weight excluding hydrogens is 522 g/mol. The van der Waals surface area contributed by atoms with Gasteiger partial charge in [0.1, 0.15) is 5.82 Å². The molecule has 0 bridgehead atoms. The summed E-state index contributed by atoms with van der Waals surface area (Å²) in [5.74, 6) is 3.50. The van der Waals surface area contributed by atoms with E-state index in [1.807, 2.05) is 6.92 Å². The summed E-state index contributed by atoms with van der Waals surface area (Å²) in [5.41, 5.74) is 12.3. The van der Waals surface area contributed by atoms with Crippen molar-refractivity contribution < 1.29 is 0 Å². The molecular formula is C40H45N3. The van der Waals surface area contributed by atoms with Crippen molar-refractivity contribution in [3.63, 3.8) is 0 Å². The third kappa shape index (κ3) is 6.32. The Morgan fingerprint density at radius 1 is 0.395 bits per heavy atom. The van der Waals surface area contributed by atoms with Gasteiger partial charge in [-0.25, -0.2) is 15.0 Å². The van der Waals surface area contributed by atoms with Crippen LogP contribution in [0.2, 0.25) is 0 Å². The van der Waals surface area contributed by atoms with Crippen LogP contribution in [0.25, 0.3) is 45.0 Å². The van der Waals surface area contributed by atoms with E-state index in [2.05, 4.69) is 140 Å². The highest BCUT2D eigenvalue weighted by molar-refractivity contribution is 5.78. The molecule has 0 N–H and O–H groups in total. The van der Waals surface area contributed by atoms with Gasteiger partial charge in [0.05, 0.1) is 0 Å². The second kappa shape index (κ2) is 12.6. The normalized spacial score (nSPS) is 11.7. The van der Waals surface area contributed by atoms with E-state index >= 15 is 0 Å². The quantitative estimate of drug-likeness (QED) is 0.187. The van der Waals surface area contributed by atoms with Crippen molar-refractivity contribution in [2.75, 3.05) is 0 Å². The molecule has 0 radical (unpaired) electrons. The molecule has 0 saturated carbocycles. The van der Waals surface area contributed by atoms with Crippen LogP contribution in [-0.2, 0) is 0 Å². The first-order chi connectivity index (χ1) is 20.5. The average molecular weight is 568 g/mol. The third-order valence-electron chi connectivity index (χ3n) is 8.30. The van der Waals surface area contributed by atoms with E-state index in [-0.39, 0.29) is 0 Å². The van der Waals surface area contributed by atoms with Crippen molar-refractivity contribution in [1.82, 2.24) is 15.0 Å². The fourth-order valence-corrected chi connectivity index (χ4v) is 6.01. The zero-order valence-electron chi connectivity index (χ0n) is 27.2. The molecule has 0 atom stereocenters. The molecule has 5 aromatic rings. The maximum Gasteiger partial charge on any atom is 0.164 e. The number of aryl methyl sites for hydroxylation is 1. The lowest BCUT2D eigenvalue weighted by Crippen LogP contribution is -2.09. The highest BCUT2D eigenvalue weighted by Gasteiger charge is 2.24. The van der Waals surface area contributed by atoms with Crippen molar-refractivity contribution in [3.8, 4) is 45.0 Å². The molecule has 0 saturated heterocycles. The number of nitrogens with zero attached hydrogens (tertiary/aromatic N) is 3. The van der Waals surface area contributed by atoms with Crippen LogP contribution in [0.3, 0.4) is 0 Å². The Bertz CT molecular complexity index is 1530. The SMILES string of the molecule is Cc1nc(-c2c(C(C)C)cc(-c3ccccc3)cc2C(C)C)nc(-c2c(C(C)C)cc(-c3ccccc3)cc2C(C)C)n1. The molecule has 0 fully saturated rings. The van der Waals surface area contributed by atoms with E-state index in [0.29, 0.717) is 23.7 Å². The largest absolute Gasteiger partial charge is 0.213 e. The Hall–Kier alpha value is -4.11. The number of hydrogen-bond acceptors (Lipinski definition) is 3. The lowest BCUT2D eigenvalue weighted by molar-refractivity contribution is 0.825. The molecule has 0 unspecified atom stereocenters. The van der Waals surface area contributed by atoms with Crippen molar-refractivity contribution >= 4 is 0 Å². The second-order valence-corrected chi connectivity index (χ2v) is 12.9. The molecule has 0 spiro atoms. The van der Waals surface area contributed by atoms with Crippen LogP contribution in [0.5, 0.6) is 0 Å². The number of benzene rings is 4. The van der Waals surface area contributed by atoms with Crippen LogP contribution in [0.1, 0.15) is 107 Å². The molecule has 3 nitrogen and oxygen atoms in total. The van der Waals surface area contributed by atoms with Crippen molar-refractivity contribution in [2.45, 2.75) is 86.0 Å². The summed E-state index contributed by atoms with van der Waals surface area (Å²) in [7, 11) is 0. The van der Waals surface area contributed by atoms with E-state index in [1.54, 1.807) is 0 Å². The first kappa shape index (κ1) is 30.4. The maximum atomic E-state index is 5.33. The lowest BCUT2D eigenvalue weighted by Gasteiger charge is -2.23. The molecule has 0 aliphatic rings. The minimum atomic E-state index is 0.305. The standard InChI is InChI=1S/C40H45N3/c1-24(2)33-20-31(29-16-12-10-13-17-29)21-34(25(3)4)37(33)39-41-28(9)42-40(43-39)38-35(26(5)6)22-32(23-36(38)27(7)8)30-18-14-11-15-19-30/h10-27H,1-9H3. The molecule has 3 heteroatoms. The first-order valence-electron chi connectivity index (χ1n) is 15.7. The summed E-state index contributed by atoms with van der Waals surface area (Å²) in [6.45, 7) is 20.1. The lowest BCUT2D eigenvalue weighted by atomic mass is 9.84. The smallest absolute Gasteiger partial charge is 0.164 e.